The lowest BCUT2D eigenvalue weighted by Crippen LogP contribution is -2.44. The van der Waals surface area contributed by atoms with Gasteiger partial charge in [0.2, 0.25) is 11.8 Å². The van der Waals surface area contributed by atoms with Crippen LogP contribution in [0.15, 0.2) is 9.64 Å². The van der Waals surface area contributed by atoms with Gasteiger partial charge in [-0.25, -0.2) is 4.79 Å². The van der Waals surface area contributed by atoms with E-state index >= 15 is 0 Å². The molecule has 8 heteroatoms. The van der Waals surface area contributed by atoms with Gasteiger partial charge in [0.15, 0.2) is 0 Å². The molecule has 1 aromatic heterocycles. The molecule has 2 aliphatic rings. The smallest absolute Gasteiger partial charge is 0.321 e. The number of urea groups is 1. The summed E-state index contributed by atoms with van der Waals surface area (Å²) in [5, 5.41) is 13.7. The predicted molar refractivity (Wildman–Crippen MR) is 89.8 cm³/mol. The van der Waals surface area contributed by atoms with Gasteiger partial charge in [-0.2, -0.15) is 0 Å². The molecule has 1 heterocycles. The molecule has 0 atom stereocenters. The number of carbonyl (C=O) groups is 2. The highest BCUT2D eigenvalue weighted by atomic mass is 32.2. The molecule has 3 rings (SSSR count). The molecule has 1 aromatic rings. The lowest BCUT2D eigenvalue weighted by Gasteiger charge is -2.17. The minimum Gasteiger partial charge on any atom is -0.416 e. The van der Waals surface area contributed by atoms with Crippen LogP contribution in [0.2, 0.25) is 0 Å². The van der Waals surface area contributed by atoms with Crippen LogP contribution in [0.1, 0.15) is 69.6 Å². The normalized spacial score (nSPS) is 19.3. The Balaban J connectivity index is 1.39. The van der Waals surface area contributed by atoms with Crippen molar-refractivity contribution >= 4 is 23.7 Å². The van der Waals surface area contributed by atoms with Crippen molar-refractivity contribution in [1.29, 1.82) is 0 Å². The summed E-state index contributed by atoms with van der Waals surface area (Å²) in [6.07, 6.45) is 10.1. The highest BCUT2D eigenvalue weighted by molar-refractivity contribution is 7.99. The summed E-state index contributed by atoms with van der Waals surface area (Å²) in [7, 11) is 0. The van der Waals surface area contributed by atoms with Gasteiger partial charge in [0.25, 0.3) is 5.22 Å². The van der Waals surface area contributed by atoms with Crippen molar-refractivity contribution in [3.05, 3.63) is 5.89 Å². The van der Waals surface area contributed by atoms with Crippen LogP contribution >= 0.6 is 11.8 Å². The maximum Gasteiger partial charge on any atom is 0.321 e. The second-order valence-electron chi connectivity index (χ2n) is 6.53. The van der Waals surface area contributed by atoms with E-state index in [1.54, 1.807) is 0 Å². The number of carbonyl (C=O) groups excluding carboxylic acids is 2. The number of nitrogens with one attached hydrogen (secondary N) is 2. The van der Waals surface area contributed by atoms with Crippen LogP contribution in [0.4, 0.5) is 4.79 Å². The van der Waals surface area contributed by atoms with Crippen LogP contribution in [0.3, 0.4) is 0 Å². The molecular weight excluding hydrogens is 328 g/mol. The van der Waals surface area contributed by atoms with Crippen LogP contribution in [-0.2, 0) is 4.79 Å². The van der Waals surface area contributed by atoms with E-state index in [9.17, 15) is 9.59 Å². The van der Waals surface area contributed by atoms with E-state index in [0.29, 0.717) is 17.0 Å². The minimum atomic E-state index is -0.416. The Hall–Kier alpha value is -1.57. The predicted octanol–water partition coefficient (Wildman–Crippen LogP) is 2.98. The minimum absolute atomic E-state index is 0.0877. The molecule has 132 valence electrons. The fourth-order valence-electron chi connectivity index (χ4n) is 3.37. The zero-order chi connectivity index (χ0) is 16.8. The number of aromatic nitrogens is 2. The fourth-order valence-corrected chi connectivity index (χ4v) is 3.94. The average Bonchev–Trinajstić information content (AvgIpc) is 3.25. The number of nitrogens with zero attached hydrogens (tertiary/aromatic N) is 2. The van der Waals surface area contributed by atoms with E-state index in [1.807, 2.05) is 0 Å². The number of hydrogen-bond donors (Lipinski definition) is 2. The lowest BCUT2D eigenvalue weighted by molar-refractivity contribution is -0.117. The van der Waals surface area contributed by atoms with Crippen LogP contribution in [0.5, 0.6) is 0 Å². The van der Waals surface area contributed by atoms with Gasteiger partial charge in [-0.05, 0) is 25.7 Å². The highest BCUT2D eigenvalue weighted by Crippen LogP contribution is 2.32. The summed E-state index contributed by atoms with van der Waals surface area (Å²) in [4.78, 5) is 23.6. The van der Waals surface area contributed by atoms with E-state index < -0.39 is 6.03 Å². The summed E-state index contributed by atoms with van der Waals surface area (Å²) in [5.74, 6) is 0.765. The molecule has 2 fully saturated rings. The maximum atomic E-state index is 11.8. The Morgan fingerprint density at radius 1 is 1.04 bits per heavy atom. The number of hydrogen-bond acceptors (Lipinski definition) is 6. The van der Waals surface area contributed by atoms with Gasteiger partial charge in [0.05, 0.1) is 5.75 Å². The van der Waals surface area contributed by atoms with Crippen molar-refractivity contribution in [3.8, 4) is 0 Å². The van der Waals surface area contributed by atoms with E-state index in [-0.39, 0.29) is 17.7 Å². The third-order valence-corrected chi connectivity index (χ3v) is 5.47. The number of amides is 3. The third kappa shape index (κ3) is 4.96. The summed E-state index contributed by atoms with van der Waals surface area (Å²) in [6.45, 7) is 0. The topological polar surface area (TPSA) is 97.1 Å². The largest absolute Gasteiger partial charge is 0.416 e. The molecular formula is C16H24N4O3S. The van der Waals surface area contributed by atoms with Crippen LogP contribution in [0.25, 0.3) is 0 Å². The lowest BCUT2D eigenvalue weighted by atomic mass is 9.89. The molecule has 2 saturated carbocycles. The standard InChI is InChI=1S/C16H24N4O3S/c21-13(18-15(22)17-12-8-4-5-9-12)10-24-16-20-19-14(23-16)11-6-2-1-3-7-11/h11-12H,1-10H2,(H2,17,18,21,22). The van der Waals surface area contributed by atoms with Crippen molar-refractivity contribution in [2.24, 2.45) is 0 Å². The summed E-state index contributed by atoms with van der Waals surface area (Å²) >= 11 is 1.17. The zero-order valence-corrected chi connectivity index (χ0v) is 14.6. The molecule has 0 saturated heterocycles. The first-order chi connectivity index (χ1) is 11.7. The molecule has 3 amide bonds. The SMILES string of the molecule is O=C(CSc1nnc(C2CCCCC2)o1)NC(=O)NC1CCCC1. The van der Waals surface area contributed by atoms with Crippen molar-refractivity contribution in [1.82, 2.24) is 20.8 Å². The molecule has 7 nitrogen and oxygen atoms in total. The molecule has 0 aromatic carbocycles. The number of rotatable bonds is 5. The fraction of sp³-hybridized carbons (Fsp3) is 0.750. The van der Waals surface area contributed by atoms with Crippen molar-refractivity contribution in [2.45, 2.75) is 75.0 Å². The molecule has 24 heavy (non-hydrogen) atoms. The maximum absolute atomic E-state index is 11.8. The molecule has 0 unspecified atom stereocenters. The molecule has 0 aliphatic heterocycles. The van der Waals surface area contributed by atoms with E-state index in [2.05, 4.69) is 20.8 Å². The van der Waals surface area contributed by atoms with E-state index in [4.69, 9.17) is 4.42 Å². The summed E-state index contributed by atoms with van der Waals surface area (Å²) in [5.41, 5.74) is 0. The second-order valence-corrected chi connectivity index (χ2v) is 7.46. The summed E-state index contributed by atoms with van der Waals surface area (Å²) < 4.78 is 5.65. The number of imide groups is 1. The second kappa shape index (κ2) is 8.50. The Labute approximate surface area is 145 Å². The Morgan fingerprint density at radius 3 is 2.50 bits per heavy atom. The molecule has 0 radical (unpaired) electrons. The molecule has 0 spiro atoms. The van der Waals surface area contributed by atoms with Gasteiger partial charge in [-0.15, -0.1) is 10.2 Å². The van der Waals surface area contributed by atoms with E-state index in [0.717, 1.165) is 38.5 Å². The van der Waals surface area contributed by atoms with Crippen molar-refractivity contribution in [2.75, 3.05) is 5.75 Å². The van der Waals surface area contributed by atoms with Gasteiger partial charge in [-0.1, -0.05) is 43.9 Å². The first-order valence-corrected chi connectivity index (χ1v) is 9.76. The molecule has 2 aliphatic carbocycles. The van der Waals surface area contributed by atoms with Crippen LogP contribution in [0, 0.1) is 0 Å². The van der Waals surface area contributed by atoms with E-state index in [1.165, 1.54) is 31.0 Å². The van der Waals surface area contributed by atoms with Crippen LogP contribution < -0.4 is 10.6 Å². The van der Waals surface area contributed by atoms with Crippen molar-refractivity contribution < 1.29 is 14.0 Å². The molecule has 0 bridgehead atoms. The Bertz CT molecular complexity index is 565. The monoisotopic (exact) mass is 352 g/mol. The van der Waals surface area contributed by atoms with Gasteiger partial charge in [-0.3, -0.25) is 10.1 Å². The Morgan fingerprint density at radius 2 is 1.75 bits per heavy atom. The zero-order valence-electron chi connectivity index (χ0n) is 13.8. The quantitative estimate of drug-likeness (QED) is 0.791. The number of thioether (sulfide) groups is 1. The Kier molecular flexibility index (Phi) is 6.12. The first-order valence-electron chi connectivity index (χ1n) is 8.77. The van der Waals surface area contributed by atoms with Gasteiger partial charge >= 0.3 is 6.03 Å². The van der Waals surface area contributed by atoms with Crippen molar-refractivity contribution in [3.63, 3.8) is 0 Å². The molecule has 2 N–H and O–H groups in total. The average molecular weight is 352 g/mol. The highest BCUT2D eigenvalue weighted by Gasteiger charge is 2.22. The van der Waals surface area contributed by atoms with Gasteiger partial charge < -0.3 is 9.73 Å². The van der Waals surface area contributed by atoms with Gasteiger partial charge in [0.1, 0.15) is 0 Å². The first kappa shape index (κ1) is 17.3. The van der Waals surface area contributed by atoms with Crippen LogP contribution in [-0.4, -0.2) is 33.9 Å². The summed E-state index contributed by atoms with van der Waals surface area (Å²) in [6, 6.07) is -0.222. The third-order valence-electron chi connectivity index (χ3n) is 4.65. The van der Waals surface area contributed by atoms with Gasteiger partial charge in [0, 0.05) is 12.0 Å².